The normalized spacial score (nSPS) is 12.4. The monoisotopic (exact) mass is 296 g/mol. The fraction of sp³-hybridized carbons (Fsp3) is 0.267. The molecule has 0 aliphatic carbocycles. The molecule has 0 amide bonds. The van der Waals surface area contributed by atoms with Gasteiger partial charge >= 0.3 is 0 Å². The summed E-state index contributed by atoms with van der Waals surface area (Å²) in [5.41, 5.74) is 8.74. The summed E-state index contributed by atoms with van der Waals surface area (Å²) in [5, 5.41) is 17.9. The Hall–Kier alpha value is -2.85. The van der Waals surface area contributed by atoms with Crippen molar-refractivity contribution in [2.45, 2.75) is 20.1 Å². The van der Waals surface area contributed by atoms with Crippen molar-refractivity contribution in [2.75, 3.05) is 12.3 Å². The molecule has 0 spiro atoms. The Labute approximate surface area is 127 Å². The second kappa shape index (κ2) is 5.50. The van der Waals surface area contributed by atoms with Gasteiger partial charge in [-0.25, -0.2) is 9.20 Å². The summed E-state index contributed by atoms with van der Waals surface area (Å²) in [6, 6.07) is 5.79. The lowest BCUT2D eigenvalue weighted by Gasteiger charge is -2.11. The van der Waals surface area contributed by atoms with E-state index in [0.29, 0.717) is 18.0 Å². The zero-order chi connectivity index (χ0) is 15.7. The number of nitriles is 1. The third kappa shape index (κ3) is 2.19. The summed E-state index contributed by atoms with van der Waals surface area (Å²) in [7, 11) is 0. The highest BCUT2D eigenvalue weighted by atomic mass is 16.5. The van der Waals surface area contributed by atoms with E-state index in [2.05, 4.69) is 16.3 Å². The van der Waals surface area contributed by atoms with E-state index in [1.54, 1.807) is 21.5 Å². The molecule has 7 nitrogen and oxygen atoms in total. The molecule has 0 fully saturated rings. The van der Waals surface area contributed by atoms with E-state index in [4.69, 9.17) is 10.5 Å². The van der Waals surface area contributed by atoms with Crippen molar-refractivity contribution < 1.29 is 4.74 Å². The van der Waals surface area contributed by atoms with Gasteiger partial charge in [0.2, 0.25) is 0 Å². The second-order valence-electron chi connectivity index (χ2n) is 4.86. The lowest BCUT2D eigenvalue weighted by Crippen LogP contribution is -2.09. The maximum Gasteiger partial charge on any atom is 0.147 e. The first-order chi connectivity index (χ1) is 10.7. The molecule has 7 heteroatoms. The summed E-state index contributed by atoms with van der Waals surface area (Å²) in [6.45, 7) is 4.46. The molecule has 2 N–H and O–H groups in total. The highest BCUT2D eigenvalue weighted by Gasteiger charge is 2.16. The van der Waals surface area contributed by atoms with Crippen molar-refractivity contribution in [1.29, 1.82) is 5.26 Å². The van der Waals surface area contributed by atoms with Crippen LogP contribution in [0.3, 0.4) is 0 Å². The third-order valence-electron chi connectivity index (χ3n) is 3.50. The number of anilines is 1. The minimum Gasteiger partial charge on any atom is -0.384 e. The number of nitrogen functional groups attached to an aromatic ring is 1. The van der Waals surface area contributed by atoms with Crippen molar-refractivity contribution in [3.8, 4) is 17.2 Å². The van der Waals surface area contributed by atoms with Crippen LogP contribution in [0.1, 0.15) is 25.6 Å². The molecule has 1 unspecified atom stereocenters. The largest absolute Gasteiger partial charge is 0.384 e. The summed E-state index contributed by atoms with van der Waals surface area (Å²) < 4.78 is 8.86. The van der Waals surface area contributed by atoms with Gasteiger partial charge < -0.3 is 10.5 Å². The molecule has 0 bridgehead atoms. The second-order valence-corrected chi connectivity index (χ2v) is 4.86. The van der Waals surface area contributed by atoms with E-state index in [0.717, 1.165) is 16.6 Å². The van der Waals surface area contributed by atoms with E-state index in [-0.39, 0.29) is 6.23 Å². The van der Waals surface area contributed by atoms with Gasteiger partial charge in [0.1, 0.15) is 18.1 Å². The van der Waals surface area contributed by atoms with Crippen LogP contribution in [0, 0.1) is 11.3 Å². The summed E-state index contributed by atoms with van der Waals surface area (Å²) in [6.07, 6.45) is 4.93. The molecule has 112 valence electrons. The number of hydrogen-bond acceptors (Lipinski definition) is 5. The predicted molar refractivity (Wildman–Crippen MR) is 81.9 cm³/mol. The highest BCUT2D eigenvalue weighted by molar-refractivity contribution is 5.85. The predicted octanol–water partition coefficient (Wildman–Crippen LogP) is 2.21. The minimum atomic E-state index is -0.168. The van der Waals surface area contributed by atoms with Gasteiger partial charge in [0.15, 0.2) is 0 Å². The fourth-order valence-corrected chi connectivity index (χ4v) is 2.45. The Kier molecular flexibility index (Phi) is 3.53. The van der Waals surface area contributed by atoms with Crippen LogP contribution in [0.4, 0.5) is 5.82 Å². The van der Waals surface area contributed by atoms with Crippen LogP contribution >= 0.6 is 0 Å². The Morgan fingerprint density at radius 2 is 2.18 bits per heavy atom. The van der Waals surface area contributed by atoms with Crippen LogP contribution < -0.4 is 5.73 Å². The van der Waals surface area contributed by atoms with Gasteiger partial charge in [-0.05, 0) is 26.0 Å². The topological polar surface area (TPSA) is 94.2 Å². The summed E-state index contributed by atoms with van der Waals surface area (Å²) in [5.74, 6) is 0.524. The van der Waals surface area contributed by atoms with Crippen LogP contribution in [0.2, 0.25) is 0 Å². The maximum atomic E-state index is 9.36. The molecular formula is C15H16N6O. The molecule has 0 aromatic carbocycles. The molecular weight excluding hydrogens is 280 g/mol. The first-order valence-electron chi connectivity index (χ1n) is 6.98. The maximum absolute atomic E-state index is 9.36. The zero-order valence-corrected chi connectivity index (χ0v) is 12.4. The van der Waals surface area contributed by atoms with Crippen molar-refractivity contribution in [2.24, 2.45) is 0 Å². The standard InChI is InChI=1S/C15H16N6O/c1-3-22-10(2)20-9-12(8-18-20)15-11(6-16)7-19-21-13(15)4-5-14(21)17/h4-5,7-10H,3,17H2,1-2H3. The average Bonchev–Trinajstić information content (AvgIpc) is 3.14. The van der Waals surface area contributed by atoms with Gasteiger partial charge in [-0.2, -0.15) is 15.5 Å². The highest BCUT2D eigenvalue weighted by Crippen LogP contribution is 2.29. The van der Waals surface area contributed by atoms with Gasteiger partial charge in [0.25, 0.3) is 0 Å². The Balaban J connectivity index is 2.15. The Morgan fingerprint density at radius 1 is 1.36 bits per heavy atom. The lowest BCUT2D eigenvalue weighted by atomic mass is 10.1. The van der Waals surface area contributed by atoms with E-state index in [9.17, 15) is 5.26 Å². The van der Waals surface area contributed by atoms with E-state index in [1.807, 2.05) is 26.1 Å². The quantitative estimate of drug-likeness (QED) is 0.796. The van der Waals surface area contributed by atoms with Crippen LogP contribution in [0.15, 0.2) is 30.7 Å². The Morgan fingerprint density at radius 3 is 2.91 bits per heavy atom. The van der Waals surface area contributed by atoms with E-state index >= 15 is 0 Å². The molecule has 0 saturated carbocycles. The number of nitrogens with zero attached hydrogens (tertiary/aromatic N) is 5. The first kappa shape index (κ1) is 14.1. The van der Waals surface area contributed by atoms with Crippen LogP contribution in [-0.2, 0) is 4.74 Å². The molecule has 3 heterocycles. The summed E-state index contributed by atoms with van der Waals surface area (Å²) >= 11 is 0. The number of aromatic nitrogens is 4. The van der Waals surface area contributed by atoms with Crippen molar-refractivity contribution in [3.63, 3.8) is 0 Å². The third-order valence-corrected chi connectivity index (χ3v) is 3.50. The average molecular weight is 296 g/mol. The number of rotatable bonds is 4. The number of nitrogens with two attached hydrogens (primary N) is 1. The number of hydrogen-bond donors (Lipinski definition) is 1. The number of ether oxygens (including phenoxy) is 1. The van der Waals surface area contributed by atoms with E-state index in [1.165, 1.54) is 6.20 Å². The van der Waals surface area contributed by atoms with Crippen LogP contribution in [-0.4, -0.2) is 26.0 Å². The van der Waals surface area contributed by atoms with Crippen LogP contribution in [0.5, 0.6) is 0 Å². The van der Waals surface area contributed by atoms with Gasteiger partial charge in [0, 0.05) is 23.9 Å². The molecule has 0 aliphatic heterocycles. The van der Waals surface area contributed by atoms with Gasteiger partial charge in [-0.3, -0.25) is 0 Å². The molecule has 3 aromatic heterocycles. The fourth-order valence-electron chi connectivity index (χ4n) is 2.45. The first-order valence-corrected chi connectivity index (χ1v) is 6.98. The molecule has 0 aliphatic rings. The molecule has 3 aromatic rings. The molecule has 0 saturated heterocycles. The van der Waals surface area contributed by atoms with Crippen molar-refractivity contribution in [1.82, 2.24) is 19.4 Å². The molecule has 22 heavy (non-hydrogen) atoms. The minimum absolute atomic E-state index is 0.168. The van der Waals surface area contributed by atoms with Gasteiger partial charge in [0.05, 0.1) is 23.5 Å². The molecule has 1 atom stereocenters. The van der Waals surface area contributed by atoms with E-state index < -0.39 is 0 Å². The van der Waals surface area contributed by atoms with Crippen molar-refractivity contribution in [3.05, 3.63) is 36.3 Å². The number of fused-ring (bicyclic) bond motifs is 1. The van der Waals surface area contributed by atoms with Crippen molar-refractivity contribution >= 4 is 11.3 Å². The van der Waals surface area contributed by atoms with Gasteiger partial charge in [-0.15, -0.1) is 0 Å². The lowest BCUT2D eigenvalue weighted by molar-refractivity contribution is 0.0160. The molecule has 3 rings (SSSR count). The van der Waals surface area contributed by atoms with Gasteiger partial charge in [-0.1, -0.05) is 0 Å². The smallest absolute Gasteiger partial charge is 0.147 e. The Bertz CT molecular complexity index is 857. The zero-order valence-electron chi connectivity index (χ0n) is 12.4. The van der Waals surface area contributed by atoms with Crippen LogP contribution in [0.25, 0.3) is 16.6 Å². The molecule has 0 radical (unpaired) electrons. The summed E-state index contributed by atoms with van der Waals surface area (Å²) in [4.78, 5) is 0. The SMILES string of the molecule is CCOC(C)n1cc(-c2c(C#N)cnn3c(N)ccc23)cn1.